The number of rotatable bonds is 2. The summed E-state index contributed by atoms with van der Waals surface area (Å²) in [6.07, 6.45) is 1.28. The van der Waals surface area contributed by atoms with Crippen molar-refractivity contribution in [2.45, 2.75) is 20.3 Å². The molecule has 1 aromatic rings. The van der Waals surface area contributed by atoms with E-state index in [1.807, 2.05) is 13.8 Å². The molecule has 3 nitrogen and oxygen atoms in total. The summed E-state index contributed by atoms with van der Waals surface area (Å²) in [7, 11) is 0. The van der Waals surface area contributed by atoms with Crippen LogP contribution < -0.4 is 10.5 Å². The lowest BCUT2D eigenvalue weighted by molar-refractivity contribution is -0.647. The van der Waals surface area contributed by atoms with Crippen molar-refractivity contribution < 1.29 is 9.47 Å². The highest BCUT2D eigenvalue weighted by Gasteiger charge is 2.17. The molecule has 0 amide bonds. The summed E-state index contributed by atoms with van der Waals surface area (Å²) in [6, 6.07) is 0. The predicted molar refractivity (Wildman–Crippen MR) is 43.9 cm³/mol. The van der Waals surface area contributed by atoms with Crippen molar-refractivity contribution in [1.82, 2.24) is 0 Å². The van der Waals surface area contributed by atoms with Crippen molar-refractivity contribution in [3.63, 3.8) is 0 Å². The minimum Gasteiger partial charge on any atom is -0.303 e. The molecular weight excluding hydrogens is 160 g/mol. The van der Waals surface area contributed by atoms with Crippen LogP contribution in [0, 0.1) is 13.8 Å². The van der Waals surface area contributed by atoms with Crippen LogP contribution in [0.3, 0.4) is 0 Å². The van der Waals surface area contributed by atoms with Gasteiger partial charge in [-0.05, 0) is 6.92 Å². The van der Waals surface area contributed by atoms with E-state index in [2.05, 4.69) is 0 Å². The Balaban J connectivity index is 3.07. The molecule has 0 saturated carbocycles. The number of thiazole rings is 1. The van der Waals surface area contributed by atoms with Gasteiger partial charge in [-0.15, -0.1) is 0 Å². The molecule has 0 saturated heterocycles. The van der Waals surface area contributed by atoms with Gasteiger partial charge in [-0.25, -0.2) is 5.84 Å². The van der Waals surface area contributed by atoms with Crippen molar-refractivity contribution >= 4 is 17.6 Å². The molecule has 11 heavy (non-hydrogen) atoms. The van der Waals surface area contributed by atoms with E-state index < -0.39 is 0 Å². The largest absolute Gasteiger partial charge is 0.303 e. The van der Waals surface area contributed by atoms with Gasteiger partial charge in [-0.1, -0.05) is 16.0 Å². The minimum atomic E-state index is 0.413. The van der Waals surface area contributed by atoms with Gasteiger partial charge in [-0.3, -0.25) is 0 Å². The maximum absolute atomic E-state index is 10.2. The average Bonchev–Trinajstić information content (AvgIpc) is 2.19. The minimum absolute atomic E-state index is 0.413. The Morgan fingerprint density at radius 1 is 1.64 bits per heavy atom. The van der Waals surface area contributed by atoms with Crippen molar-refractivity contribution in [3.05, 3.63) is 15.6 Å². The molecule has 0 spiro atoms. The van der Waals surface area contributed by atoms with E-state index in [0.717, 1.165) is 17.0 Å². The SMILES string of the molecule is Cc1sc(CC=O)[n+](N)c1C. The fourth-order valence-electron chi connectivity index (χ4n) is 0.868. The zero-order chi connectivity index (χ0) is 8.43. The first kappa shape index (κ1) is 8.20. The smallest absolute Gasteiger partial charge is 0.274 e. The Morgan fingerprint density at radius 3 is 2.64 bits per heavy atom. The molecular formula is C7H11N2OS+. The lowest BCUT2D eigenvalue weighted by Crippen LogP contribution is -2.48. The van der Waals surface area contributed by atoms with Crippen LogP contribution in [0.4, 0.5) is 0 Å². The van der Waals surface area contributed by atoms with Gasteiger partial charge in [0.1, 0.15) is 12.7 Å². The summed E-state index contributed by atoms with van der Waals surface area (Å²) in [5, 5.41) is 0.912. The van der Waals surface area contributed by atoms with Gasteiger partial charge in [0.2, 0.25) is 5.69 Å². The number of hydrogen-bond donors (Lipinski definition) is 1. The number of aryl methyl sites for hydroxylation is 1. The van der Waals surface area contributed by atoms with Gasteiger partial charge in [0.05, 0.1) is 4.88 Å². The number of aldehydes is 1. The van der Waals surface area contributed by atoms with Crippen LogP contribution in [-0.4, -0.2) is 6.29 Å². The van der Waals surface area contributed by atoms with E-state index in [9.17, 15) is 4.79 Å². The van der Waals surface area contributed by atoms with E-state index in [4.69, 9.17) is 5.84 Å². The van der Waals surface area contributed by atoms with Crippen LogP contribution in [0.15, 0.2) is 0 Å². The third-order valence-electron chi connectivity index (χ3n) is 1.67. The number of carbonyl (C=O) groups is 1. The maximum Gasteiger partial charge on any atom is 0.274 e. The fourth-order valence-corrected chi connectivity index (χ4v) is 1.85. The van der Waals surface area contributed by atoms with Crippen LogP contribution in [0.5, 0.6) is 0 Å². The number of hydrogen-bond acceptors (Lipinski definition) is 3. The Kier molecular flexibility index (Phi) is 2.24. The molecule has 0 radical (unpaired) electrons. The van der Waals surface area contributed by atoms with Crippen molar-refractivity contribution in [2.24, 2.45) is 0 Å². The van der Waals surface area contributed by atoms with E-state index >= 15 is 0 Å². The molecule has 1 rings (SSSR count). The molecule has 1 aromatic heterocycles. The van der Waals surface area contributed by atoms with Crippen LogP contribution in [0.2, 0.25) is 0 Å². The molecule has 4 heteroatoms. The van der Waals surface area contributed by atoms with Crippen molar-refractivity contribution in [2.75, 3.05) is 5.84 Å². The first-order valence-electron chi connectivity index (χ1n) is 3.36. The summed E-state index contributed by atoms with van der Waals surface area (Å²) in [6.45, 7) is 3.94. The molecule has 0 fully saturated rings. The second-order valence-electron chi connectivity index (χ2n) is 2.38. The van der Waals surface area contributed by atoms with Crippen LogP contribution in [0.25, 0.3) is 0 Å². The van der Waals surface area contributed by atoms with E-state index in [1.165, 1.54) is 4.88 Å². The highest BCUT2D eigenvalue weighted by Crippen LogP contribution is 2.12. The molecule has 0 unspecified atom stereocenters. The van der Waals surface area contributed by atoms with Crippen molar-refractivity contribution in [3.8, 4) is 0 Å². The third kappa shape index (κ3) is 1.40. The number of nitrogen functional groups attached to an aromatic ring is 1. The Labute approximate surface area is 69.4 Å². The van der Waals surface area contributed by atoms with Crippen LogP contribution in [0.1, 0.15) is 15.6 Å². The standard InChI is InChI=1S/C7H11N2OS/c1-5-6(2)11-7(3-4-10)9(5)8/h4H,3,8H2,1-2H3/q+1. The first-order valence-corrected chi connectivity index (χ1v) is 4.18. The molecule has 0 bridgehead atoms. The second kappa shape index (κ2) is 3.00. The summed E-state index contributed by atoms with van der Waals surface area (Å²) in [5.74, 6) is 5.66. The highest BCUT2D eigenvalue weighted by molar-refractivity contribution is 7.11. The number of nitrogens with zero attached hydrogens (tertiary/aromatic N) is 1. The molecule has 1 heterocycles. The summed E-state index contributed by atoms with van der Waals surface area (Å²) < 4.78 is 1.58. The van der Waals surface area contributed by atoms with Gasteiger partial charge in [-0.2, -0.15) is 0 Å². The Morgan fingerprint density at radius 2 is 2.27 bits per heavy atom. The normalized spacial score (nSPS) is 10.0. The lowest BCUT2D eigenvalue weighted by Gasteiger charge is -1.84. The van der Waals surface area contributed by atoms with E-state index in [1.54, 1.807) is 16.0 Å². The van der Waals surface area contributed by atoms with Crippen molar-refractivity contribution in [1.29, 1.82) is 0 Å². The average molecular weight is 171 g/mol. The van der Waals surface area contributed by atoms with Gasteiger partial charge in [0.25, 0.3) is 5.01 Å². The summed E-state index contributed by atoms with van der Waals surface area (Å²) in [5.41, 5.74) is 1.03. The van der Waals surface area contributed by atoms with E-state index in [0.29, 0.717) is 6.42 Å². The third-order valence-corrected chi connectivity index (χ3v) is 2.87. The second-order valence-corrected chi connectivity index (χ2v) is 3.67. The van der Waals surface area contributed by atoms with E-state index in [-0.39, 0.29) is 0 Å². The zero-order valence-corrected chi connectivity index (χ0v) is 7.44. The van der Waals surface area contributed by atoms with Gasteiger partial charge >= 0.3 is 0 Å². The monoisotopic (exact) mass is 171 g/mol. The lowest BCUT2D eigenvalue weighted by atomic mass is 10.4. The maximum atomic E-state index is 10.2. The molecule has 2 N–H and O–H groups in total. The highest BCUT2D eigenvalue weighted by atomic mass is 32.1. The molecule has 0 aliphatic heterocycles. The molecule has 0 atom stereocenters. The van der Waals surface area contributed by atoms with Crippen LogP contribution >= 0.6 is 11.3 Å². The van der Waals surface area contributed by atoms with Crippen LogP contribution in [-0.2, 0) is 11.2 Å². The molecule has 0 aliphatic rings. The van der Waals surface area contributed by atoms with Gasteiger partial charge < -0.3 is 4.79 Å². The Hall–Kier alpha value is -0.900. The topological polar surface area (TPSA) is 47.0 Å². The molecule has 0 aromatic carbocycles. The molecule has 0 aliphatic carbocycles. The fraction of sp³-hybridized carbons (Fsp3) is 0.429. The quantitative estimate of drug-likeness (QED) is 0.390. The summed E-state index contributed by atoms with van der Waals surface area (Å²) >= 11 is 1.57. The molecule has 60 valence electrons. The number of carbonyl (C=O) groups excluding carboxylic acids is 1. The summed E-state index contributed by atoms with van der Waals surface area (Å²) in [4.78, 5) is 11.4. The first-order chi connectivity index (χ1) is 5.16. The zero-order valence-electron chi connectivity index (χ0n) is 6.63. The Bertz CT molecular complexity index is 280. The van der Waals surface area contributed by atoms with Gasteiger partial charge in [0, 0.05) is 6.92 Å². The number of aromatic nitrogens is 1. The van der Waals surface area contributed by atoms with Gasteiger partial charge in [0.15, 0.2) is 0 Å². The predicted octanol–water partition coefficient (Wildman–Crippen LogP) is 0.108. The number of nitrogens with two attached hydrogens (primary N) is 1.